The zero-order valence-electron chi connectivity index (χ0n) is 10.5. The molecule has 2 aromatic rings. The molecule has 0 fully saturated rings. The number of nitrogens with zero attached hydrogens (tertiary/aromatic N) is 1. The quantitative estimate of drug-likeness (QED) is 0.847. The van der Waals surface area contributed by atoms with Crippen LogP contribution >= 0.6 is 0 Å². The third kappa shape index (κ3) is 3.01. The highest BCUT2D eigenvalue weighted by Crippen LogP contribution is 2.24. The van der Waals surface area contributed by atoms with Crippen LogP contribution in [-0.4, -0.2) is 19.3 Å². The van der Waals surface area contributed by atoms with Gasteiger partial charge in [0.15, 0.2) is 0 Å². The minimum atomic E-state index is 0.437. The van der Waals surface area contributed by atoms with Crippen LogP contribution in [0.2, 0.25) is 0 Å². The maximum atomic E-state index is 5.74. The Bertz CT molecular complexity index is 483. The van der Waals surface area contributed by atoms with E-state index >= 15 is 0 Å². The fourth-order valence-electron chi connectivity index (χ4n) is 1.61. The Hall–Kier alpha value is -2.01. The molecular formula is C13H16N2O3. The van der Waals surface area contributed by atoms with Crippen LogP contribution in [0.25, 0.3) is 0 Å². The van der Waals surface area contributed by atoms with Gasteiger partial charge in [0.05, 0.1) is 13.3 Å². The molecule has 2 rings (SSSR count). The molecule has 0 aliphatic rings. The Morgan fingerprint density at radius 2 is 2.28 bits per heavy atom. The predicted octanol–water partition coefficient (Wildman–Crippen LogP) is 1.98. The summed E-state index contributed by atoms with van der Waals surface area (Å²) < 4.78 is 15.7. The molecule has 0 atom stereocenters. The number of nitrogens with one attached hydrogen (secondary N) is 1. The molecule has 1 heterocycles. The SMILES string of the molecule is CNCc1cc(OC)ccc1OCc1cnoc1. The molecule has 18 heavy (non-hydrogen) atoms. The number of aromatic nitrogens is 1. The summed E-state index contributed by atoms with van der Waals surface area (Å²) in [6, 6.07) is 5.74. The number of methoxy groups -OCH3 is 1. The van der Waals surface area contributed by atoms with Crippen LogP contribution in [0.1, 0.15) is 11.1 Å². The zero-order chi connectivity index (χ0) is 12.8. The first-order valence-corrected chi connectivity index (χ1v) is 5.66. The van der Waals surface area contributed by atoms with Crippen molar-refractivity contribution in [3.05, 3.63) is 41.8 Å². The second-order valence-electron chi connectivity index (χ2n) is 3.83. The molecule has 1 N–H and O–H groups in total. The number of benzene rings is 1. The Kier molecular flexibility index (Phi) is 4.20. The molecular weight excluding hydrogens is 232 g/mol. The van der Waals surface area contributed by atoms with Gasteiger partial charge in [-0.3, -0.25) is 0 Å². The molecule has 0 bridgehead atoms. The van der Waals surface area contributed by atoms with Gasteiger partial charge >= 0.3 is 0 Å². The average Bonchev–Trinajstić information content (AvgIpc) is 2.90. The van der Waals surface area contributed by atoms with Crippen molar-refractivity contribution in [2.75, 3.05) is 14.2 Å². The van der Waals surface area contributed by atoms with E-state index in [4.69, 9.17) is 14.0 Å². The molecule has 5 nitrogen and oxygen atoms in total. The number of ether oxygens (including phenoxy) is 2. The van der Waals surface area contributed by atoms with E-state index in [2.05, 4.69) is 10.5 Å². The first kappa shape index (κ1) is 12.4. The van der Waals surface area contributed by atoms with Crippen molar-refractivity contribution in [1.82, 2.24) is 10.5 Å². The summed E-state index contributed by atoms with van der Waals surface area (Å²) in [5.74, 6) is 1.64. The van der Waals surface area contributed by atoms with Gasteiger partial charge in [0.2, 0.25) is 0 Å². The minimum Gasteiger partial charge on any atom is -0.497 e. The molecule has 0 unspecified atom stereocenters. The van der Waals surface area contributed by atoms with Crippen molar-refractivity contribution in [1.29, 1.82) is 0 Å². The molecule has 0 aliphatic heterocycles. The van der Waals surface area contributed by atoms with Gasteiger partial charge in [0.25, 0.3) is 0 Å². The van der Waals surface area contributed by atoms with Gasteiger partial charge in [0.1, 0.15) is 24.4 Å². The van der Waals surface area contributed by atoms with E-state index in [1.165, 1.54) is 0 Å². The summed E-state index contributed by atoms with van der Waals surface area (Å²) in [7, 11) is 3.54. The van der Waals surface area contributed by atoms with Crippen LogP contribution in [0.4, 0.5) is 0 Å². The lowest BCUT2D eigenvalue weighted by atomic mass is 10.2. The van der Waals surface area contributed by atoms with Crippen LogP contribution in [0.3, 0.4) is 0 Å². The summed E-state index contributed by atoms with van der Waals surface area (Å²) >= 11 is 0. The Morgan fingerprint density at radius 3 is 2.94 bits per heavy atom. The summed E-state index contributed by atoms with van der Waals surface area (Å²) in [5.41, 5.74) is 1.95. The zero-order valence-corrected chi connectivity index (χ0v) is 10.5. The topological polar surface area (TPSA) is 56.5 Å². The van der Waals surface area contributed by atoms with E-state index in [0.717, 1.165) is 29.2 Å². The maximum absolute atomic E-state index is 5.74. The number of rotatable bonds is 6. The first-order valence-electron chi connectivity index (χ1n) is 5.66. The van der Waals surface area contributed by atoms with Crippen LogP contribution in [0.5, 0.6) is 11.5 Å². The van der Waals surface area contributed by atoms with E-state index < -0.39 is 0 Å². The number of hydrogen-bond acceptors (Lipinski definition) is 5. The Labute approximate surface area is 106 Å². The lowest BCUT2D eigenvalue weighted by molar-refractivity contribution is 0.299. The summed E-state index contributed by atoms with van der Waals surface area (Å²) in [4.78, 5) is 0. The van der Waals surface area contributed by atoms with Gasteiger partial charge in [-0.1, -0.05) is 5.16 Å². The highest BCUT2D eigenvalue weighted by Gasteiger charge is 2.06. The maximum Gasteiger partial charge on any atom is 0.130 e. The Morgan fingerprint density at radius 1 is 1.39 bits per heavy atom. The van der Waals surface area contributed by atoms with Gasteiger partial charge in [-0.2, -0.15) is 0 Å². The van der Waals surface area contributed by atoms with Gasteiger partial charge < -0.3 is 19.3 Å². The highest BCUT2D eigenvalue weighted by molar-refractivity contribution is 5.40. The van der Waals surface area contributed by atoms with Gasteiger partial charge in [-0.05, 0) is 25.2 Å². The smallest absolute Gasteiger partial charge is 0.130 e. The monoisotopic (exact) mass is 248 g/mol. The van der Waals surface area contributed by atoms with E-state index in [0.29, 0.717) is 6.61 Å². The van der Waals surface area contributed by atoms with Crippen molar-refractivity contribution in [2.45, 2.75) is 13.2 Å². The molecule has 0 radical (unpaired) electrons. The lowest BCUT2D eigenvalue weighted by Crippen LogP contribution is -2.07. The van der Waals surface area contributed by atoms with Crippen LogP contribution in [0, 0.1) is 0 Å². The van der Waals surface area contributed by atoms with Crippen LogP contribution < -0.4 is 14.8 Å². The molecule has 96 valence electrons. The molecule has 0 aliphatic carbocycles. The normalized spacial score (nSPS) is 10.3. The largest absolute Gasteiger partial charge is 0.497 e. The summed E-state index contributed by atoms with van der Waals surface area (Å²) in [6.07, 6.45) is 3.21. The van der Waals surface area contributed by atoms with Crippen molar-refractivity contribution in [3.63, 3.8) is 0 Å². The molecule has 1 aromatic heterocycles. The summed E-state index contributed by atoms with van der Waals surface area (Å²) in [6.45, 7) is 1.16. The highest BCUT2D eigenvalue weighted by atomic mass is 16.5. The van der Waals surface area contributed by atoms with Crippen molar-refractivity contribution in [3.8, 4) is 11.5 Å². The van der Waals surface area contributed by atoms with E-state index in [-0.39, 0.29) is 0 Å². The summed E-state index contributed by atoms with van der Waals surface area (Å²) in [5, 5.41) is 6.74. The molecule has 1 aromatic carbocycles. The van der Waals surface area contributed by atoms with E-state index in [1.807, 2.05) is 25.2 Å². The number of hydrogen-bond donors (Lipinski definition) is 1. The predicted molar refractivity (Wildman–Crippen MR) is 66.6 cm³/mol. The molecule has 0 amide bonds. The van der Waals surface area contributed by atoms with E-state index in [9.17, 15) is 0 Å². The fraction of sp³-hybridized carbons (Fsp3) is 0.308. The van der Waals surface area contributed by atoms with Gasteiger partial charge in [0, 0.05) is 17.7 Å². The second kappa shape index (κ2) is 6.07. The lowest BCUT2D eigenvalue weighted by Gasteiger charge is -2.12. The second-order valence-corrected chi connectivity index (χ2v) is 3.83. The fourth-order valence-corrected chi connectivity index (χ4v) is 1.61. The van der Waals surface area contributed by atoms with Crippen molar-refractivity contribution < 1.29 is 14.0 Å². The van der Waals surface area contributed by atoms with Crippen LogP contribution in [-0.2, 0) is 13.2 Å². The average molecular weight is 248 g/mol. The first-order chi connectivity index (χ1) is 8.83. The van der Waals surface area contributed by atoms with E-state index in [1.54, 1.807) is 19.6 Å². The van der Waals surface area contributed by atoms with Crippen molar-refractivity contribution >= 4 is 0 Å². The van der Waals surface area contributed by atoms with Crippen LogP contribution in [0.15, 0.2) is 35.2 Å². The standard InChI is InChI=1S/C13H16N2O3/c1-14-7-11-5-12(16-2)3-4-13(11)17-8-10-6-15-18-9-10/h3-6,9,14H,7-8H2,1-2H3. The third-order valence-electron chi connectivity index (χ3n) is 2.51. The molecule has 5 heteroatoms. The van der Waals surface area contributed by atoms with Gasteiger partial charge in [-0.25, -0.2) is 0 Å². The third-order valence-corrected chi connectivity index (χ3v) is 2.51. The molecule has 0 saturated heterocycles. The van der Waals surface area contributed by atoms with Crippen molar-refractivity contribution in [2.24, 2.45) is 0 Å². The van der Waals surface area contributed by atoms with Gasteiger partial charge in [-0.15, -0.1) is 0 Å². The Balaban J connectivity index is 2.10. The molecule has 0 saturated carbocycles. The molecule has 0 spiro atoms. The minimum absolute atomic E-state index is 0.437.